The van der Waals surface area contributed by atoms with Gasteiger partial charge in [-0.2, -0.15) is 4.31 Å². The fourth-order valence-electron chi connectivity index (χ4n) is 2.75. The Morgan fingerprint density at radius 1 is 0.867 bits per heavy atom. The van der Waals surface area contributed by atoms with Crippen molar-refractivity contribution in [2.45, 2.75) is 11.4 Å². The van der Waals surface area contributed by atoms with E-state index >= 15 is 0 Å². The molecule has 162 valence electrons. The number of halogens is 2. The lowest BCUT2D eigenvalue weighted by Crippen LogP contribution is -2.48. The van der Waals surface area contributed by atoms with Gasteiger partial charge >= 0.3 is 11.9 Å². The van der Waals surface area contributed by atoms with Gasteiger partial charge in [-0.25, -0.2) is 26.8 Å². The number of carboxylic acids is 2. The highest BCUT2D eigenvalue weighted by Crippen LogP contribution is 2.19. The molecule has 1 saturated heterocycles. The Bertz CT molecular complexity index is 978. The van der Waals surface area contributed by atoms with Crippen molar-refractivity contribution in [3.63, 3.8) is 0 Å². The summed E-state index contributed by atoms with van der Waals surface area (Å²) in [6.45, 7) is 2.16. The maximum absolute atomic E-state index is 13.7. The van der Waals surface area contributed by atoms with Crippen molar-refractivity contribution in [1.29, 1.82) is 0 Å². The van der Waals surface area contributed by atoms with Gasteiger partial charge < -0.3 is 10.2 Å². The molecule has 0 aliphatic carbocycles. The predicted octanol–water partition coefficient (Wildman–Crippen LogP) is 1.63. The normalized spacial score (nSPS) is 15.1. The summed E-state index contributed by atoms with van der Waals surface area (Å²) >= 11 is 0. The lowest BCUT2D eigenvalue weighted by Gasteiger charge is -2.34. The summed E-state index contributed by atoms with van der Waals surface area (Å²) in [7, 11) is -3.62. The highest BCUT2D eigenvalue weighted by Gasteiger charge is 2.28. The maximum Gasteiger partial charge on any atom is 0.414 e. The molecule has 0 unspecified atom stereocenters. The van der Waals surface area contributed by atoms with Gasteiger partial charge in [0.2, 0.25) is 10.0 Å². The van der Waals surface area contributed by atoms with Crippen LogP contribution in [-0.2, 0) is 26.2 Å². The van der Waals surface area contributed by atoms with E-state index in [4.69, 9.17) is 19.8 Å². The van der Waals surface area contributed by atoms with Gasteiger partial charge in [-0.3, -0.25) is 4.90 Å². The van der Waals surface area contributed by atoms with Crippen molar-refractivity contribution in [3.8, 4) is 0 Å². The summed E-state index contributed by atoms with van der Waals surface area (Å²) in [4.78, 5) is 20.3. The number of hydrogen-bond donors (Lipinski definition) is 2. The van der Waals surface area contributed by atoms with E-state index in [1.807, 2.05) is 4.90 Å². The van der Waals surface area contributed by atoms with Crippen LogP contribution in [0.2, 0.25) is 0 Å². The average molecular weight is 442 g/mol. The number of piperazine rings is 1. The molecule has 2 aromatic carbocycles. The number of sulfonamides is 1. The van der Waals surface area contributed by atoms with E-state index in [9.17, 15) is 17.2 Å². The SMILES string of the molecule is O=C(O)C(=O)O.O=S(=O)(c1ccc(F)cc1)N1CCN(Cc2ccccc2F)CC1. The van der Waals surface area contributed by atoms with Gasteiger partial charge in [0.25, 0.3) is 0 Å². The molecule has 0 radical (unpaired) electrons. The Hall–Kier alpha value is -2.89. The van der Waals surface area contributed by atoms with E-state index in [0.29, 0.717) is 38.3 Å². The van der Waals surface area contributed by atoms with E-state index in [1.54, 1.807) is 18.2 Å². The monoisotopic (exact) mass is 442 g/mol. The second kappa shape index (κ2) is 10.2. The Morgan fingerprint density at radius 3 is 1.90 bits per heavy atom. The Morgan fingerprint density at radius 2 is 1.40 bits per heavy atom. The summed E-state index contributed by atoms with van der Waals surface area (Å²) in [5, 5.41) is 14.8. The smallest absolute Gasteiger partial charge is 0.414 e. The molecular weight excluding hydrogens is 422 g/mol. The molecule has 1 aliphatic heterocycles. The van der Waals surface area contributed by atoms with Crippen molar-refractivity contribution < 1.29 is 37.0 Å². The molecular formula is C19H20F2N2O6S. The molecule has 0 spiro atoms. The molecule has 0 atom stereocenters. The molecule has 11 heteroatoms. The first kappa shape index (κ1) is 23.4. The van der Waals surface area contributed by atoms with Crippen LogP contribution in [0.25, 0.3) is 0 Å². The predicted molar refractivity (Wildman–Crippen MR) is 102 cm³/mol. The van der Waals surface area contributed by atoms with Gasteiger partial charge in [0.1, 0.15) is 11.6 Å². The van der Waals surface area contributed by atoms with Gasteiger partial charge in [0, 0.05) is 38.3 Å². The first-order valence-electron chi connectivity index (χ1n) is 8.79. The second-order valence-corrected chi connectivity index (χ2v) is 8.27. The van der Waals surface area contributed by atoms with Crippen LogP contribution in [0.4, 0.5) is 8.78 Å². The third-order valence-corrected chi connectivity index (χ3v) is 6.23. The average Bonchev–Trinajstić information content (AvgIpc) is 2.71. The number of carboxylic acid groups (broad SMARTS) is 2. The molecule has 0 bridgehead atoms. The number of carbonyl (C=O) groups is 2. The number of nitrogens with zero attached hydrogens (tertiary/aromatic N) is 2. The largest absolute Gasteiger partial charge is 0.473 e. The number of benzene rings is 2. The van der Waals surface area contributed by atoms with Crippen LogP contribution in [0.15, 0.2) is 53.4 Å². The third kappa shape index (κ3) is 6.31. The van der Waals surface area contributed by atoms with Gasteiger partial charge in [-0.1, -0.05) is 18.2 Å². The van der Waals surface area contributed by atoms with E-state index < -0.39 is 27.8 Å². The van der Waals surface area contributed by atoms with Gasteiger partial charge in [0.05, 0.1) is 4.90 Å². The van der Waals surface area contributed by atoms with Crippen molar-refractivity contribution >= 4 is 22.0 Å². The first-order chi connectivity index (χ1) is 14.1. The van der Waals surface area contributed by atoms with E-state index in [1.165, 1.54) is 22.5 Å². The zero-order chi connectivity index (χ0) is 22.3. The van der Waals surface area contributed by atoms with Crippen LogP contribution < -0.4 is 0 Å². The van der Waals surface area contributed by atoms with Crippen LogP contribution in [-0.4, -0.2) is 66.0 Å². The molecule has 0 saturated carbocycles. The number of hydrogen-bond acceptors (Lipinski definition) is 5. The van der Waals surface area contributed by atoms with E-state index in [2.05, 4.69) is 0 Å². The fraction of sp³-hybridized carbons (Fsp3) is 0.263. The number of aliphatic carboxylic acids is 2. The first-order valence-corrected chi connectivity index (χ1v) is 10.2. The van der Waals surface area contributed by atoms with Crippen molar-refractivity contribution in [2.24, 2.45) is 0 Å². The Balaban J connectivity index is 0.000000469. The van der Waals surface area contributed by atoms with Crippen LogP contribution >= 0.6 is 0 Å². The Labute approximate surface area is 172 Å². The molecule has 3 rings (SSSR count). The molecule has 0 amide bonds. The quantitative estimate of drug-likeness (QED) is 0.692. The minimum atomic E-state index is -3.62. The topological polar surface area (TPSA) is 115 Å². The maximum atomic E-state index is 13.7. The summed E-state index contributed by atoms with van der Waals surface area (Å²) < 4.78 is 53.1. The fourth-order valence-corrected chi connectivity index (χ4v) is 4.17. The zero-order valence-corrected chi connectivity index (χ0v) is 16.6. The van der Waals surface area contributed by atoms with Gasteiger partial charge in [0.15, 0.2) is 0 Å². The van der Waals surface area contributed by atoms with Crippen LogP contribution in [0.5, 0.6) is 0 Å². The number of rotatable bonds is 4. The summed E-state index contributed by atoms with van der Waals surface area (Å²) in [6.07, 6.45) is 0. The molecule has 0 aromatic heterocycles. The minimum absolute atomic E-state index is 0.0893. The standard InChI is InChI=1S/C17H18F2N2O2S.C2H2O4/c18-15-5-7-16(8-6-15)24(22,23)21-11-9-20(10-12-21)13-14-3-1-2-4-17(14)19;3-1(4)2(5)6/h1-8H,9-13H2;(H,3,4)(H,5,6). The van der Waals surface area contributed by atoms with Gasteiger partial charge in [-0.15, -0.1) is 0 Å². The zero-order valence-electron chi connectivity index (χ0n) is 15.7. The van der Waals surface area contributed by atoms with Crippen molar-refractivity contribution in [1.82, 2.24) is 9.21 Å². The van der Waals surface area contributed by atoms with Crippen LogP contribution in [0.1, 0.15) is 5.56 Å². The Kier molecular flexibility index (Phi) is 7.98. The molecule has 1 aliphatic rings. The molecule has 2 N–H and O–H groups in total. The van der Waals surface area contributed by atoms with Crippen LogP contribution in [0, 0.1) is 11.6 Å². The summed E-state index contributed by atoms with van der Waals surface area (Å²) in [6, 6.07) is 11.4. The highest BCUT2D eigenvalue weighted by atomic mass is 32.2. The lowest BCUT2D eigenvalue weighted by atomic mass is 10.2. The van der Waals surface area contributed by atoms with E-state index in [-0.39, 0.29) is 10.7 Å². The molecule has 30 heavy (non-hydrogen) atoms. The molecule has 1 heterocycles. The third-order valence-electron chi connectivity index (χ3n) is 4.32. The minimum Gasteiger partial charge on any atom is -0.473 e. The van der Waals surface area contributed by atoms with E-state index in [0.717, 1.165) is 12.1 Å². The van der Waals surface area contributed by atoms with Crippen molar-refractivity contribution in [2.75, 3.05) is 26.2 Å². The molecule has 1 fully saturated rings. The molecule has 2 aromatic rings. The lowest BCUT2D eigenvalue weighted by molar-refractivity contribution is -0.159. The van der Waals surface area contributed by atoms with Crippen molar-refractivity contribution in [3.05, 3.63) is 65.7 Å². The molecule has 8 nitrogen and oxygen atoms in total. The summed E-state index contributed by atoms with van der Waals surface area (Å²) in [5.74, 6) is -4.37. The van der Waals surface area contributed by atoms with Gasteiger partial charge in [-0.05, 0) is 30.3 Å². The highest BCUT2D eigenvalue weighted by molar-refractivity contribution is 7.89. The summed E-state index contributed by atoms with van der Waals surface area (Å²) in [5.41, 5.74) is 0.604. The van der Waals surface area contributed by atoms with Crippen LogP contribution in [0.3, 0.4) is 0 Å². The second-order valence-electron chi connectivity index (χ2n) is 6.34.